The van der Waals surface area contributed by atoms with Crippen molar-refractivity contribution < 1.29 is 14.3 Å². The van der Waals surface area contributed by atoms with E-state index in [9.17, 15) is 4.79 Å². The average molecular weight is 528 g/mol. The van der Waals surface area contributed by atoms with Crippen molar-refractivity contribution in [2.75, 3.05) is 63.0 Å². The number of hydrogen-bond acceptors (Lipinski definition) is 8. The largest absolute Gasteiger partial charge is 0.495 e. The maximum Gasteiger partial charge on any atom is 0.247 e. The molecule has 0 spiro atoms. The van der Waals surface area contributed by atoms with E-state index >= 15 is 0 Å². The SMILES string of the molecule is C=CC(=O)Nc1ccc(OC)c(Nc2ncc(OC)c(-c3cn(C)c4cc(N5CCN(C)CC5)ccc34)n2)c1. The minimum atomic E-state index is -0.305. The summed E-state index contributed by atoms with van der Waals surface area (Å²) in [7, 11) is 7.39. The van der Waals surface area contributed by atoms with Crippen LogP contribution in [-0.4, -0.2) is 72.8 Å². The molecule has 2 aromatic heterocycles. The molecule has 3 heterocycles. The van der Waals surface area contributed by atoms with Gasteiger partial charge in [-0.15, -0.1) is 0 Å². The van der Waals surface area contributed by atoms with Crippen molar-refractivity contribution in [2.45, 2.75) is 0 Å². The number of nitrogens with one attached hydrogen (secondary N) is 2. The van der Waals surface area contributed by atoms with Crippen molar-refractivity contribution in [1.82, 2.24) is 19.4 Å². The zero-order valence-corrected chi connectivity index (χ0v) is 22.7. The summed E-state index contributed by atoms with van der Waals surface area (Å²) in [5.74, 6) is 1.20. The molecular weight excluding hydrogens is 494 g/mol. The van der Waals surface area contributed by atoms with Crippen LogP contribution in [0.2, 0.25) is 0 Å². The van der Waals surface area contributed by atoms with Crippen molar-refractivity contribution in [3.63, 3.8) is 0 Å². The lowest BCUT2D eigenvalue weighted by molar-refractivity contribution is -0.111. The molecule has 1 aliphatic rings. The molecule has 2 aromatic carbocycles. The van der Waals surface area contributed by atoms with E-state index in [-0.39, 0.29) is 5.91 Å². The molecular formula is C29H33N7O3. The molecule has 2 N–H and O–H groups in total. The Morgan fingerprint density at radius 1 is 1.03 bits per heavy atom. The van der Waals surface area contributed by atoms with Gasteiger partial charge in [-0.2, -0.15) is 0 Å². The van der Waals surface area contributed by atoms with Gasteiger partial charge in [0.05, 0.1) is 31.6 Å². The molecule has 4 aromatic rings. The van der Waals surface area contributed by atoms with E-state index in [0.717, 1.165) is 42.6 Å². The zero-order valence-electron chi connectivity index (χ0n) is 22.7. The van der Waals surface area contributed by atoms with Crippen LogP contribution in [0.15, 0.2) is 61.4 Å². The summed E-state index contributed by atoms with van der Waals surface area (Å²) in [6.45, 7) is 7.63. The van der Waals surface area contributed by atoms with Crippen molar-refractivity contribution in [2.24, 2.45) is 7.05 Å². The molecule has 1 saturated heterocycles. The first-order valence-electron chi connectivity index (χ1n) is 12.7. The molecule has 1 aliphatic heterocycles. The molecule has 10 heteroatoms. The average Bonchev–Trinajstić information content (AvgIpc) is 3.29. The topological polar surface area (TPSA) is 96.8 Å². The van der Waals surface area contributed by atoms with E-state index in [2.05, 4.69) is 68.0 Å². The number of aryl methyl sites for hydroxylation is 1. The highest BCUT2D eigenvalue weighted by molar-refractivity contribution is 6.00. The van der Waals surface area contributed by atoms with Crippen LogP contribution in [-0.2, 0) is 11.8 Å². The summed E-state index contributed by atoms with van der Waals surface area (Å²) in [5, 5.41) is 7.06. The first-order chi connectivity index (χ1) is 18.9. The van der Waals surface area contributed by atoms with Gasteiger partial charge in [-0.3, -0.25) is 4.79 Å². The molecule has 0 atom stereocenters. The third-order valence-corrected chi connectivity index (χ3v) is 6.97. The standard InChI is InChI=1S/C29H33N7O3/c1-6-27(37)31-19-7-10-25(38-4)23(15-19)32-29-30-17-26(39-5)28(33-29)22-18-35(3)24-16-20(8-9-21(22)24)36-13-11-34(2)12-14-36/h6-10,15-18H,1,11-14H2,2-5H3,(H,31,37)(H,30,32,33). The fourth-order valence-corrected chi connectivity index (χ4v) is 4.79. The van der Waals surface area contributed by atoms with E-state index in [1.807, 2.05) is 7.05 Å². The number of piperazine rings is 1. The second kappa shape index (κ2) is 11.0. The van der Waals surface area contributed by atoms with Crippen molar-refractivity contribution in [3.8, 4) is 22.8 Å². The summed E-state index contributed by atoms with van der Waals surface area (Å²) in [6, 6.07) is 11.8. The minimum Gasteiger partial charge on any atom is -0.495 e. The number of benzene rings is 2. The normalized spacial score (nSPS) is 13.8. The van der Waals surface area contributed by atoms with Gasteiger partial charge >= 0.3 is 0 Å². The molecule has 5 rings (SSSR count). The smallest absolute Gasteiger partial charge is 0.247 e. The van der Waals surface area contributed by atoms with Crippen LogP contribution in [0.5, 0.6) is 11.5 Å². The Hall–Kier alpha value is -4.57. The second-order valence-electron chi connectivity index (χ2n) is 9.49. The molecule has 39 heavy (non-hydrogen) atoms. The quantitative estimate of drug-likeness (QED) is 0.328. The number of carbonyl (C=O) groups is 1. The highest BCUT2D eigenvalue weighted by atomic mass is 16.5. The predicted molar refractivity (Wildman–Crippen MR) is 155 cm³/mol. The molecule has 10 nitrogen and oxygen atoms in total. The fraction of sp³-hybridized carbons (Fsp3) is 0.276. The Morgan fingerprint density at radius 2 is 1.79 bits per heavy atom. The number of hydrogen-bond donors (Lipinski definition) is 2. The number of carbonyl (C=O) groups excluding carboxylic acids is 1. The lowest BCUT2D eigenvalue weighted by Gasteiger charge is -2.34. The third kappa shape index (κ3) is 5.37. The molecule has 1 fully saturated rings. The van der Waals surface area contributed by atoms with E-state index in [0.29, 0.717) is 34.5 Å². The lowest BCUT2D eigenvalue weighted by atomic mass is 10.1. The number of anilines is 4. The lowest BCUT2D eigenvalue weighted by Crippen LogP contribution is -2.44. The monoisotopic (exact) mass is 527 g/mol. The van der Waals surface area contributed by atoms with Gasteiger partial charge in [-0.25, -0.2) is 9.97 Å². The Labute approximate surface area is 227 Å². The Kier molecular flexibility index (Phi) is 7.38. The van der Waals surface area contributed by atoms with E-state index < -0.39 is 0 Å². The van der Waals surface area contributed by atoms with Crippen molar-refractivity contribution in [1.29, 1.82) is 0 Å². The van der Waals surface area contributed by atoms with Gasteiger partial charge in [0.1, 0.15) is 11.4 Å². The van der Waals surface area contributed by atoms with Crippen molar-refractivity contribution in [3.05, 3.63) is 61.4 Å². The fourth-order valence-electron chi connectivity index (χ4n) is 4.79. The summed E-state index contributed by atoms with van der Waals surface area (Å²) >= 11 is 0. The van der Waals surface area contributed by atoms with Crippen LogP contribution in [0.1, 0.15) is 0 Å². The number of nitrogens with zero attached hydrogens (tertiary/aromatic N) is 5. The zero-order chi connectivity index (χ0) is 27.5. The van der Waals surface area contributed by atoms with Gasteiger partial charge in [0.15, 0.2) is 5.75 Å². The highest BCUT2D eigenvalue weighted by Gasteiger charge is 2.19. The molecule has 0 unspecified atom stereocenters. The van der Waals surface area contributed by atoms with Gasteiger partial charge in [0, 0.05) is 61.7 Å². The maximum absolute atomic E-state index is 11.8. The Balaban J connectivity index is 1.50. The maximum atomic E-state index is 11.8. The molecule has 1 amide bonds. The first kappa shape index (κ1) is 26.1. The van der Waals surface area contributed by atoms with Gasteiger partial charge in [0.25, 0.3) is 0 Å². The molecule has 0 bridgehead atoms. The summed E-state index contributed by atoms with van der Waals surface area (Å²) in [6.07, 6.45) is 4.94. The Morgan fingerprint density at radius 3 is 2.51 bits per heavy atom. The van der Waals surface area contributed by atoms with Crippen LogP contribution in [0, 0.1) is 0 Å². The Bertz CT molecular complexity index is 1520. The molecule has 202 valence electrons. The second-order valence-corrected chi connectivity index (χ2v) is 9.49. The summed E-state index contributed by atoms with van der Waals surface area (Å²) < 4.78 is 13.3. The molecule has 0 saturated carbocycles. The van der Waals surface area contributed by atoms with Crippen LogP contribution in [0.4, 0.5) is 23.0 Å². The number of rotatable bonds is 8. The van der Waals surface area contributed by atoms with Gasteiger partial charge < -0.3 is 34.5 Å². The first-order valence-corrected chi connectivity index (χ1v) is 12.7. The summed E-state index contributed by atoms with van der Waals surface area (Å²) in [4.78, 5) is 25.9. The van der Waals surface area contributed by atoms with Gasteiger partial charge in [-0.05, 0) is 43.5 Å². The highest BCUT2D eigenvalue weighted by Crippen LogP contribution is 2.37. The van der Waals surface area contributed by atoms with Crippen LogP contribution in [0.25, 0.3) is 22.2 Å². The number of likely N-dealkylation sites (N-methyl/N-ethyl adjacent to an activating group) is 1. The van der Waals surface area contributed by atoms with E-state index in [4.69, 9.17) is 14.5 Å². The third-order valence-electron chi connectivity index (χ3n) is 6.97. The van der Waals surface area contributed by atoms with Crippen LogP contribution >= 0.6 is 0 Å². The minimum absolute atomic E-state index is 0.305. The number of aromatic nitrogens is 3. The number of fused-ring (bicyclic) bond motifs is 1. The number of methoxy groups -OCH3 is 2. The van der Waals surface area contributed by atoms with Crippen molar-refractivity contribution >= 4 is 39.8 Å². The van der Waals surface area contributed by atoms with Crippen LogP contribution < -0.4 is 25.0 Å². The molecule has 0 aliphatic carbocycles. The number of amides is 1. The predicted octanol–water partition coefficient (Wildman–Crippen LogP) is 4.27. The van der Waals surface area contributed by atoms with E-state index in [1.165, 1.54) is 11.8 Å². The van der Waals surface area contributed by atoms with E-state index in [1.54, 1.807) is 38.6 Å². The number of ether oxygens (including phenoxy) is 2. The molecule has 0 radical (unpaired) electrons. The van der Waals surface area contributed by atoms with Gasteiger partial charge in [0.2, 0.25) is 11.9 Å². The van der Waals surface area contributed by atoms with Gasteiger partial charge in [-0.1, -0.05) is 12.6 Å². The summed E-state index contributed by atoms with van der Waals surface area (Å²) in [5.41, 5.74) is 5.13. The van der Waals surface area contributed by atoms with Crippen LogP contribution in [0.3, 0.4) is 0 Å².